The maximum absolute atomic E-state index is 12.4. The van der Waals surface area contributed by atoms with Crippen molar-refractivity contribution in [2.75, 3.05) is 0 Å². The third-order valence-electron chi connectivity index (χ3n) is 4.55. The lowest BCUT2D eigenvalue weighted by Gasteiger charge is -2.08. The highest BCUT2D eigenvalue weighted by molar-refractivity contribution is 6.32. The van der Waals surface area contributed by atoms with Crippen molar-refractivity contribution < 1.29 is 4.79 Å². The zero-order chi connectivity index (χ0) is 18.1. The van der Waals surface area contributed by atoms with Crippen molar-refractivity contribution in [2.24, 2.45) is 0 Å². The lowest BCUT2D eigenvalue weighted by atomic mass is 10.1. The van der Waals surface area contributed by atoms with Gasteiger partial charge >= 0.3 is 0 Å². The molecule has 0 aliphatic carbocycles. The highest BCUT2D eigenvalue weighted by atomic mass is 35.5. The lowest BCUT2D eigenvalue weighted by molar-refractivity contribution is 0.0950. The Kier molecular flexibility index (Phi) is 4.47. The van der Waals surface area contributed by atoms with Crippen molar-refractivity contribution in [1.82, 2.24) is 19.9 Å². The number of benzene rings is 1. The van der Waals surface area contributed by atoms with Gasteiger partial charge in [-0.25, -0.2) is 9.97 Å². The second-order valence-electron chi connectivity index (χ2n) is 6.57. The van der Waals surface area contributed by atoms with Crippen molar-refractivity contribution in [3.63, 3.8) is 0 Å². The number of rotatable bonds is 4. The maximum atomic E-state index is 12.4. The number of imidazole rings is 1. The van der Waals surface area contributed by atoms with Crippen LogP contribution in [0.15, 0.2) is 42.7 Å². The molecule has 5 nitrogen and oxygen atoms in total. The van der Waals surface area contributed by atoms with Crippen LogP contribution < -0.4 is 5.32 Å². The number of nitrogens with one attached hydrogen (secondary N) is 1. The number of halogens is 1. The van der Waals surface area contributed by atoms with Gasteiger partial charge in [0.15, 0.2) is 0 Å². The predicted molar refractivity (Wildman–Crippen MR) is 101 cm³/mol. The number of fused-ring (bicyclic) bond motifs is 1. The lowest BCUT2D eigenvalue weighted by Crippen LogP contribution is -2.23. The number of aryl methyl sites for hydroxylation is 3. The SMILES string of the molecule is Cc1cnc(Cl)c(C(=O)NCc2cccc(-c3cn4c(n3)CCC4)c2)c1. The Bertz CT molecular complexity index is 958. The first-order valence-electron chi connectivity index (χ1n) is 8.66. The van der Waals surface area contributed by atoms with Crippen LogP contribution in [0.2, 0.25) is 5.15 Å². The average molecular weight is 367 g/mol. The first-order valence-corrected chi connectivity index (χ1v) is 9.03. The Morgan fingerprint density at radius 2 is 2.23 bits per heavy atom. The van der Waals surface area contributed by atoms with E-state index in [1.165, 1.54) is 6.42 Å². The smallest absolute Gasteiger partial charge is 0.254 e. The number of amides is 1. The topological polar surface area (TPSA) is 59.8 Å². The fourth-order valence-electron chi connectivity index (χ4n) is 3.22. The number of nitrogens with zero attached hydrogens (tertiary/aromatic N) is 3. The van der Waals surface area contributed by atoms with E-state index in [1.807, 2.05) is 25.1 Å². The van der Waals surface area contributed by atoms with Crippen LogP contribution in [0, 0.1) is 6.92 Å². The molecule has 1 aromatic carbocycles. The van der Waals surface area contributed by atoms with Gasteiger partial charge in [0.2, 0.25) is 0 Å². The van der Waals surface area contributed by atoms with Gasteiger partial charge in [0, 0.05) is 37.5 Å². The van der Waals surface area contributed by atoms with Gasteiger partial charge in [-0.15, -0.1) is 0 Å². The van der Waals surface area contributed by atoms with Crippen molar-refractivity contribution in [1.29, 1.82) is 0 Å². The summed E-state index contributed by atoms with van der Waals surface area (Å²) in [4.78, 5) is 21.1. The van der Waals surface area contributed by atoms with Crippen LogP contribution in [-0.2, 0) is 19.5 Å². The minimum atomic E-state index is -0.224. The van der Waals surface area contributed by atoms with E-state index in [-0.39, 0.29) is 11.1 Å². The van der Waals surface area contributed by atoms with Gasteiger partial charge in [-0.1, -0.05) is 29.8 Å². The standard InChI is InChI=1S/C20H19ClN4O/c1-13-8-16(19(21)22-10-13)20(26)23-11-14-4-2-5-15(9-14)17-12-25-7-3-6-18(25)24-17/h2,4-5,8-10,12H,3,6-7,11H2,1H3,(H,23,26). The Morgan fingerprint density at radius 1 is 1.35 bits per heavy atom. The largest absolute Gasteiger partial charge is 0.348 e. The summed E-state index contributed by atoms with van der Waals surface area (Å²) in [6.45, 7) is 3.35. The van der Waals surface area contributed by atoms with E-state index in [0.717, 1.165) is 41.2 Å². The predicted octanol–water partition coefficient (Wildman–Crippen LogP) is 3.78. The Hall–Kier alpha value is -2.66. The first-order chi connectivity index (χ1) is 12.6. The molecule has 1 aliphatic rings. The van der Waals surface area contributed by atoms with Gasteiger partial charge in [-0.2, -0.15) is 0 Å². The van der Waals surface area contributed by atoms with Gasteiger partial charge in [-0.05, 0) is 36.6 Å². The van der Waals surface area contributed by atoms with E-state index >= 15 is 0 Å². The monoisotopic (exact) mass is 366 g/mol. The van der Waals surface area contributed by atoms with Crippen LogP contribution in [0.25, 0.3) is 11.3 Å². The van der Waals surface area contributed by atoms with E-state index in [2.05, 4.69) is 27.1 Å². The summed E-state index contributed by atoms with van der Waals surface area (Å²) in [7, 11) is 0. The molecule has 3 heterocycles. The van der Waals surface area contributed by atoms with Gasteiger partial charge in [0.1, 0.15) is 11.0 Å². The van der Waals surface area contributed by atoms with E-state index < -0.39 is 0 Å². The molecule has 0 radical (unpaired) electrons. The first kappa shape index (κ1) is 16.8. The number of hydrogen-bond acceptors (Lipinski definition) is 3. The number of carbonyl (C=O) groups excluding carboxylic acids is 1. The minimum absolute atomic E-state index is 0.217. The molecule has 4 rings (SSSR count). The molecule has 0 saturated carbocycles. The average Bonchev–Trinajstić information content (AvgIpc) is 3.24. The third kappa shape index (κ3) is 3.35. The van der Waals surface area contributed by atoms with Crippen LogP contribution in [0.1, 0.15) is 33.7 Å². The van der Waals surface area contributed by atoms with Crippen molar-refractivity contribution >= 4 is 17.5 Å². The fourth-order valence-corrected chi connectivity index (χ4v) is 3.41. The molecule has 1 amide bonds. The summed E-state index contributed by atoms with van der Waals surface area (Å²) in [6.07, 6.45) is 5.97. The molecule has 0 fully saturated rings. The van der Waals surface area contributed by atoms with Crippen LogP contribution >= 0.6 is 11.6 Å². The fraction of sp³-hybridized carbons (Fsp3) is 0.250. The molecule has 2 aromatic heterocycles. The summed E-state index contributed by atoms with van der Waals surface area (Å²) in [6, 6.07) is 9.83. The van der Waals surface area contributed by atoms with Gasteiger partial charge in [0.25, 0.3) is 5.91 Å². The highest BCUT2D eigenvalue weighted by Crippen LogP contribution is 2.23. The summed E-state index contributed by atoms with van der Waals surface area (Å²) in [5.74, 6) is 0.929. The summed E-state index contributed by atoms with van der Waals surface area (Å²) in [5.41, 5.74) is 4.36. The number of hydrogen-bond donors (Lipinski definition) is 1. The molecule has 1 N–H and O–H groups in total. The molecule has 26 heavy (non-hydrogen) atoms. The Morgan fingerprint density at radius 3 is 3.08 bits per heavy atom. The molecule has 3 aromatic rings. The number of pyridine rings is 1. The normalized spacial score (nSPS) is 12.8. The molecule has 1 aliphatic heterocycles. The third-order valence-corrected chi connectivity index (χ3v) is 4.86. The molecular weight excluding hydrogens is 348 g/mol. The molecule has 0 unspecified atom stereocenters. The van der Waals surface area contributed by atoms with E-state index in [4.69, 9.17) is 16.6 Å². The van der Waals surface area contributed by atoms with E-state index in [1.54, 1.807) is 12.3 Å². The molecule has 6 heteroatoms. The Balaban J connectivity index is 1.48. The van der Waals surface area contributed by atoms with Crippen LogP contribution in [0.3, 0.4) is 0 Å². The van der Waals surface area contributed by atoms with Gasteiger partial charge in [0.05, 0.1) is 11.3 Å². The molecule has 0 atom stereocenters. The van der Waals surface area contributed by atoms with Gasteiger partial charge < -0.3 is 9.88 Å². The molecule has 132 valence electrons. The number of carbonyl (C=O) groups is 1. The second-order valence-corrected chi connectivity index (χ2v) is 6.93. The van der Waals surface area contributed by atoms with Crippen LogP contribution in [-0.4, -0.2) is 20.4 Å². The van der Waals surface area contributed by atoms with Crippen molar-refractivity contribution in [2.45, 2.75) is 32.9 Å². The minimum Gasteiger partial charge on any atom is -0.348 e. The highest BCUT2D eigenvalue weighted by Gasteiger charge is 2.15. The molecule has 0 saturated heterocycles. The van der Waals surface area contributed by atoms with Crippen LogP contribution in [0.4, 0.5) is 0 Å². The summed E-state index contributed by atoms with van der Waals surface area (Å²) >= 11 is 6.03. The molecule has 0 spiro atoms. The van der Waals surface area contributed by atoms with Gasteiger partial charge in [-0.3, -0.25) is 4.79 Å². The van der Waals surface area contributed by atoms with E-state index in [9.17, 15) is 4.79 Å². The van der Waals surface area contributed by atoms with Crippen molar-refractivity contribution in [3.05, 3.63) is 70.4 Å². The molecular formula is C20H19ClN4O. The molecule has 0 bridgehead atoms. The second kappa shape index (κ2) is 6.92. The summed E-state index contributed by atoms with van der Waals surface area (Å²) in [5, 5.41) is 3.13. The van der Waals surface area contributed by atoms with Crippen molar-refractivity contribution in [3.8, 4) is 11.3 Å². The summed E-state index contributed by atoms with van der Waals surface area (Å²) < 4.78 is 2.22. The zero-order valence-electron chi connectivity index (χ0n) is 14.5. The van der Waals surface area contributed by atoms with E-state index in [0.29, 0.717) is 12.1 Å². The number of aromatic nitrogens is 3. The zero-order valence-corrected chi connectivity index (χ0v) is 15.3. The van der Waals surface area contributed by atoms with Crippen LogP contribution in [0.5, 0.6) is 0 Å². The quantitative estimate of drug-likeness (QED) is 0.715. The Labute approximate surface area is 157 Å². The maximum Gasteiger partial charge on any atom is 0.254 e.